The van der Waals surface area contributed by atoms with Gasteiger partial charge in [-0.3, -0.25) is 0 Å². The summed E-state index contributed by atoms with van der Waals surface area (Å²) in [7, 11) is 2.11. The number of thioether (sulfide) groups is 1. The second-order valence-electron chi connectivity index (χ2n) is 11.2. The van der Waals surface area contributed by atoms with Crippen LogP contribution in [0.3, 0.4) is 0 Å². The maximum absolute atomic E-state index is 16.5. The number of likely N-dealkylation sites (N-methyl/N-ethyl adjacent to an activating group) is 1. The Balaban J connectivity index is 1.34. The number of piperidine rings is 1. The molecule has 0 aromatic carbocycles. The molecule has 3 aromatic rings. The molecule has 4 N–H and O–H groups in total. The number of fused-ring (bicyclic) bond motifs is 2. The first kappa shape index (κ1) is 28.8. The van der Waals surface area contributed by atoms with Crippen molar-refractivity contribution >= 4 is 45.6 Å². The third-order valence-corrected chi connectivity index (χ3v) is 11.4. The molecule has 2 fully saturated rings. The minimum absolute atomic E-state index is 0.156. The first-order chi connectivity index (χ1) is 20.3. The normalized spacial score (nSPS) is 20.2. The molecular formula is C29H36FN9OS2. The highest BCUT2D eigenvalue weighted by molar-refractivity contribution is 8.00. The molecule has 0 aliphatic carbocycles. The molecule has 42 heavy (non-hydrogen) atoms. The van der Waals surface area contributed by atoms with E-state index in [1.807, 2.05) is 35.8 Å². The molecule has 0 unspecified atom stereocenters. The fourth-order valence-electron chi connectivity index (χ4n) is 6.39. The summed E-state index contributed by atoms with van der Waals surface area (Å²) in [4.78, 5) is 20.7. The van der Waals surface area contributed by atoms with Crippen LogP contribution in [0.15, 0.2) is 18.3 Å². The molecule has 2 atom stereocenters. The predicted octanol–water partition coefficient (Wildman–Crippen LogP) is 4.52. The van der Waals surface area contributed by atoms with Gasteiger partial charge in [0.1, 0.15) is 23.5 Å². The quantitative estimate of drug-likeness (QED) is 0.373. The second-order valence-corrected chi connectivity index (χ2v) is 13.7. The van der Waals surface area contributed by atoms with Crippen LogP contribution in [0.1, 0.15) is 60.7 Å². The van der Waals surface area contributed by atoms with Gasteiger partial charge in [0.2, 0.25) is 5.82 Å². The molecule has 13 heteroatoms. The molecule has 6 heterocycles. The molecule has 0 saturated carbocycles. The van der Waals surface area contributed by atoms with E-state index in [4.69, 9.17) is 16.2 Å². The SMILES string of the molecule is CCN(c1nc(OC[C@@H]2CCCCN2C)nc(N2CC3(C2)SCc2sc(N)c(C#N)c23)c1F)[C@H](C)c1cccnc1N. The third kappa shape index (κ3) is 4.89. The summed E-state index contributed by atoms with van der Waals surface area (Å²) in [5.41, 5.74) is 14.7. The van der Waals surface area contributed by atoms with Gasteiger partial charge in [0.15, 0.2) is 11.6 Å². The molecule has 2 saturated heterocycles. The fourth-order valence-corrected chi connectivity index (χ4v) is 9.20. The Hall–Kier alpha value is -3.34. The largest absolute Gasteiger partial charge is 0.462 e. The van der Waals surface area contributed by atoms with Gasteiger partial charge in [-0.2, -0.15) is 19.6 Å². The van der Waals surface area contributed by atoms with Gasteiger partial charge in [-0.15, -0.1) is 23.1 Å². The molecule has 10 nitrogen and oxygen atoms in total. The van der Waals surface area contributed by atoms with Crippen molar-refractivity contribution < 1.29 is 9.13 Å². The Morgan fingerprint density at radius 1 is 1.31 bits per heavy atom. The van der Waals surface area contributed by atoms with E-state index in [9.17, 15) is 5.26 Å². The van der Waals surface area contributed by atoms with Crippen molar-refractivity contribution in [2.24, 2.45) is 0 Å². The highest BCUT2D eigenvalue weighted by Gasteiger charge is 2.53. The van der Waals surface area contributed by atoms with Crippen LogP contribution in [-0.2, 0) is 10.5 Å². The minimum Gasteiger partial charge on any atom is -0.462 e. The number of thiophene rings is 1. The molecule has 0 bridgehead atoms. The molecule has 1 spiro atoms. The van der Waals surface area contributed by atoms with Crippen molar-refractivity contribution in [1.29, 1.82) is 5.26 Å². The van der Waals surface area contributed by atoms with Crippen molar-refractivity contribution in [3.63, 3.8) is 0 Å². The summed E-state index contributed by atoms with van der Waals surface area (Å²) < 4.78 is 22.4. The predicted molar refractivity (Wildman–Crippen MR) is 166 cm³/mol. The number of hydrogen-bond acceptors (Lipinski definition) is 12. The maximum atomic E-state index is 16.5. The van der Waals surface area contributed by atoms with Gasteiger partial charge in [0.05, 0.1) is 16.4 Å². The number of nitrogens with zero attached hydrogens (tertiary/aromatic N) is 7. The van der Waals surface area contributed by atoms with Crippen LogP contribution >= 0.6 is 23.1 Å². The molecule has 3 aliphatic rings. The zero-order valence-corrected chi connectivity index (χ0v) is 25.8. The van der Waals surface area contributed by atoms with Gasteiger partial charge < -0.3 is 30.9 Å². The Labute approximate surface area is 253 Å². The van der Waals surface area contributed by atoms with E-state index < -0.39 is 5.82 Å². The number of aromatic nitrogens is 3. The first-order valence-electron chi connectivity index (χ1n) is 14.3. The summed E-state index contributed by atoms with van der Waals surface area (Å²) in [5.74, 6) is 1.07. The monoisotopic (exact) mass is 609 g/mol. The van der Waals surface area contributed by atoms with Gasteiger partial charge in [-0.05, 0) is 46.3 Å². The number of nitrogen functional groups attached to an aromatic ring is 2. The highest BCUT2D eigenvalue weighted by atomic mass is 32.2. The first-order valence-corrected chi connectivity index (χ1v) is 16.1. The fraction of sp³-hybridized carbons (Fsp3) is 0.517. The summed E-state index contributed by atoms with van der Waals surface area (Å²) in [5, 5.41) is 10.4. The van der Waals surface area contributed by atoms with Gasteiger partial charge in [-0.25, -0.2) is 4.98 Å². The Bertz CT molecular complexity index is 1520. The van der Waals surface area contributed by atoms with Crippen LogP contribution in [0.2, 0.25) is 0 Å². The van der Waals surface area contributed by atoms with Crippen molar-refractivity contribution in [2.75, 3.05) is 61.1 Å². The van der Waals surface area contributed by atoms with Crippen LogP contribution < -0.4 is 26.0 Å². The third-order valence-electron chi connectivity index (χ3n) is 8.77. The number of hydrogen-bond donors (Lipinski definition) is 2. The maximum Gasteiger partial charge on any atom is 0.320 e. The second kappa shape index (κ2) is 11.4. The van der Waals surface area contributed by atoms with E-state index in [-0.39, 0.29) is 34.5 Å². The zero-order chi connectivity index (χ0) is 29.6. The Kier molecular flexibility index (Phi) is 7.80. The Morgan fingerprint density at radius 3 is 2.83 bits per heavy atom. The molecule has 6 rings (SSSR count). The summed E-state index contributed by atoms with van der Waals surface area (Å²) in [6, 6.07) is 6.15. The van der Waals surface area contributed by atoms with Gasteiger partial charge in [0, 0.05) is 53.6 Å². The molecule has 3 aromatic heterocycles. The molecular weight excluding hydrogens is 574 g/mol. The lowest BCUT2D eigenvalue weighted by atomic mass is 9.88. The van der Waals surface area contributed by atoms with Crippen LogP contribution in [0.5, 0.6) is 6.01 Å². The summed E-state index contributed by atoms with van der Waals surface area (Å²) in [6.45, 7) is 6.90. The van der Waals surface area contributed by atoms with Crippen LogP contribution in [0, 0.1) is 17.1 Å². The number of rotatable bonds is 8. The van der Waals surface area contributed by atoms with E-state index in [0.717, 1.165) is 41.1 Å². The number of halogens is 1. The molecule has 222 valence electrons. The topological polar surface area (TPSA) is 133 Å². The van der Waals surface area contributed by atoms with Crippen molar-refractivity contribution in [1.82, 2.24) is 19.9 Å². The number of nitrogens with two attached hydrogens (primary N) is 2. The van der Waals surface area contributed by atoms with E-state index in [2.05, 4.69) is 33.0 Å². The van der Waals surface area contributed by atoms with Crippen molar-refractivity contribution in [3.05, 3.63) is 45.7 Å². The van der Waals surface area contributed by atoms with E-state index >= 15 is 4.39 Å². The lowest BCUT2D eigenvalue weighted by Gasteiger charge is -2.48. The average Bonchev–Trinajstić information content (AvgIpc) is 3.49. The lowest BCUT2D eigenvalue weighted by molar-refractivity contribution is 0.119. The number of nitriles is 1. The number of anilines is 4. The molecule has 0 amide bonds. The van der Waals surface area contributed by atoms with E-state index in [1.165, 1.54) is 17.8 Å². The molecule has 3 aliphatic heterocycles. The molecule has 0 radical (unpaired) electrons. The van der Waals surface area contributed by atoms with E-state index in [1.54, 1.807) is 18.0 Å². The van der Waals surface area contributed by atoms with Crippen LogP contribution in [-0.4, -0.2) is 65.7 Å². The zero-order valence-electron chi connectivity index (χ0n) is 24.1. The number of likely N-dealkylation sites (tertiary alicyclic amines) is 1. The Morgan fingerprint density at radius 2 is 2.12 bits per heavy atom. The van der Waals surface area contributed by atoms with Crippen molar-refractivity contribution in [2.45, 2.75) is 55.7 Å². The average molecular weight is 610 g/mol. The van der Waals surface area contributed by atoms with Gasteiger partial charge in [0.25, 0.3) is 0 Å². The standard InChI is InChI=1S/C29H36FN9OS2/c1-4-39(17(2)19-9-7-10-34-24(19)32)27-23(30)26(35-28(36-27)40-13-18-8-5-6-11-37(18)3)38-15-29(16-38)22-20(12-31)25(33)42-21(22)14-41-29/h7,9-10,17-18H,4-6,8,11,13-16,33H2,1-3H3,(H2,32,34)/t17-,18+/m1/s1. The van der Waals surface area contributed by atoms with Gasteiger partial charge >= 0.3 is 6.01 Å². The highest BCUT2D eigenvalue weighted by Crippen LogP contribution is 2.58. The number of pyridine rings is 1. The smallest absolute Gasteiger partial charge is 0.320 e. The summed E-state index contributed by atoms with van der Waals surface area (Å²) >= 11 is 3.27. The van der Waals surface area contributed by atoms with Crippen LogP contribution in [0.4, 0.5) is 26.8 Å². The van der Waals surface area contributed by atoms with Crippen LogP contribution in [0.25, 0.3) is 0 Å². The van der Waals surface area contributed by atoms with Gasteiger partial charge in [-0.1, -0.05) is 12.5 Å². The number of ether oxygens (including phenoxy) is 1. The van der Waals surface area contributed by atoms with E-state index in [0.29, 0.717) is 42.6 Å². The minimum atomic E-state index is -0.503. The van der Waals surface area contributed by atoms with Crippen molar-refractivity contribution in [3.8, 4) is 12.1 Å². The lowest BCUT2D eigenvalue weighted by Crippen LogP contribution is -2.57. The summed E-state index contributed by atoms with van der Waals surface area (Å²) in [6.07, 6.45) is 5.01.